The van der Waals surface area contributed by atoms with Gasteiger partial charge in [0.05, 0.1) is 11.0 Å². The highest BCUT2D eigenvalue weighted by molar-refractivity contribution is 5.75. The first kappa shape index (κ1) is 12.1. The maximum atomic E-state index is 5.65. The van der Waals surface area contributed by atoms with Gasteiger partial charge in [0, 0.05) is 13.0 Å². The number of nitrogens with zero attached hydrogens (tertiary/aromatic N) is 2. The molecule has 2 rings (SSSR count). The number of para-hydroxylation sites is 2. The van der Waals surface area contributed by atoms with Crippen LogP contribution in [0.4, 0.5) is 0 Å². The zero-order valence-electron chi connectivity index (χ0n) is 10.7. The lowest BCUT2D eigenvalue weighted by atomic mass is 10.1. The van der Waals surface area contributed by atoms with Gasteiger partial charge in [0.1, 0.15) is 5.82 Å². The van der Waals surface area contributed by atoms with E-state index in [9.17, 15) is 0 Å². The van der Waals surface area contributed by atoms with Gasteiger partial charge in [0.2, 0.25) is 0 Å². The lowest BCUT2D eigenvalue weighted by molar-refractivity contribution is 0.527. The van der Waals surface area contributed by atoms with Crippen LogP contribution in [0, 0.1) is 5.92 Å². The van der Waals surface area contributed by atoms with Crippen LogP contribution in [0.5, 0.6) is 0 Å². The molecule has 0 aliphatic carbocycles. The van der Waals surface area contributed by atoms with Gasteiger partial charge in [-0.05, 0) is 37.9 Å². The number of fused-ring (bicyclic) bond motifs is 1. The highest BCUT2D eigenvalue weighted by atomic mass is 15.1. The highest BCUT2D eigenvalue weighted by Crippen LogP contribution is 2.18. The molecule has 92 valence electrons. The normalized spacial score (nSPS) is 13.1. The Hall–Kier alpha value is -1.35. The van der Waals surface area contributed by atoms with Gasteiger partial charge >= 0.3 is 0 Å². The number of nitrogens with two attached hydrogens (primary N) is 1. The molecule has 1 atom stereocenters. The Morgan fingerprint density at radius 1 is 1.35 bits per heavy atom. The number of hydrogen-bond donors (Lipinski definition) is 1. The van der Waals surface area contributed by atoms with Crippen molar-refractivity contribution < 1.29 is 0 Å². The van der Waals surface area contributed by atoms with Crippen LogP contribution in [-0.4, -0.2) is 16.1 Å². The number of imidazole rings is 1. The van der Waals surface area contributed by atoms with E-state index in [1.54, 1.807) is 0 Å². The molecule has 2 N–H and O–H groups in total. The molecule has 3 nitrogen and oxygen atoms in total. The number of hydrogen-bond acceptors (Lipinski definition) is 2. The first-order valence-electron chi connectivity index (χ1n) is 6.40. The van der Waals surface area contributed by atoms with Crippen molar-refractivity contribution in [2.45, 2.75) is 33.2 Å². The third-order valence-electron chi connectivity index (χ3n) is 3.31. The van der Waals surface area contributed by atoms with Crippen LogP contribution < -0.4 is 5.73 Å². The van der Waals surface area contributed by atoms with Gasteiger partial charge < -0.3 is 10.3 Å². The predicted molar refractivity (Wildman–Crippen MR) is 71.9 cm³/mol. The zero-order chi connectivity index (χ0) is 12.3. The molecule has 1 unspecified atom stereocenters. The number of benzene rings is 1. The summed E-state index contributed by atoms with van der Waals surface area (Å²) in [5.74, 6) is 1.76. The molecule has 0 saturated heterocycles. The lowest BCUT2D eigenvalue weighted by Crippen LogP contribution is -2.12. The quantitative estimate of drug-likeness (QED) is 0.859. The third kappa shape index (κ3) is 2.50. The Labute approximate surface area is 103 Å². The number of aromatic nitrogens is 2. The average Bonchev–Trinajstić information content (AvgIpc) is 2.73. The standard InChI is InChI=1S/C14H21N3/c1-3-17-13-7-5-4-6-12(13)16-14(17)9-8-11(2)10-15/h4-7,11H,3,8-10,15H2,1-2H3. The summed E-state index contributed by atoms with van der Waals surface area (Å²) in [6.07, 6.45) is 2.13. The van der Waals surface area contributed by atoms with Crippen LogP contribution >= 0.6 is 0 Å². The third-order valence-corrected chi connectivity index (χ3v) is 3.31. The van der Waals surface area contributed by atoms with E-state index in [0.717, 1.165) is 31.4 Å². The van der Waals surface area contributed by atoms with Crippen LogP contribution in [-0.2, 0) is 13.0 Å². The smallest absolute Gasteiger partial charge is 0.109 e. The van der Waals surface area contributed by atoms with Crippen molar-refractivity contribution in [3.63, 3.8) is 0 Å². The molecular weight excluding hydrogens is 210 g/mol. The summed E-state index contributed by atoms with van der Waals surface area (Å²) in [4.78, 5) is 4.71. The van der Waals surface area contributed by atoms with Crippen LogP contribution in [0.15, 0.2) is 24.3 Å². The van der Waals surface area contributed by atoms with E-state index in [2.05, 4.69) is 36.6 Å². The monoisotopic (exact) mass is 231 g/mol. The van der Waals surface area contributed by atoms with Gasteiger partial charge in [-0.3, -0.25) is 0 Å². The van der Waals surface area contributed by atoms with Gasteiger partial charge in [-0.25, -0.2) is 4.98 Å². The molecule has 0 bridgehead atoms. The Balaban J connectivity index is 2.27. The van der Waals surface area contributed by atoms with E-state index in [1.165, 1.54) is 11.3 Å². The topological polar surface area (TPSA) is 43.8 Å². The maximum absolute atomic E-state index is 5.65. The number of aryl methyl sites for hydroxylation is 2. The molecule has 0 aliphatic heterocycles. The van der Waals surface area contributed by atoms with Gasteiger partial charge in [0.15, 0.2) is 0 Å². The predicted octanol–water partition coefficient (Wildman–Crippen LogP) is 2.58. The van der Waals surface area contributed by atoms with E-state index in [-0.39, 0.29) is 0 Å². The molecule has 1 aromatic heterocycles. The summed E-state index contributed by atoms with van der Waals surface area (Å²) in [7, 11) is 0. The Morgan fingerprint density at radius 2 is 2.12 bits per heavy atom. The molecular formula is C14H21N3. The minimum atomic E-state index is 0.570. The zero-order valence-corrected chi connectivity index (χ0v) is 10.7. The summed E-state index contributed by atoms with van der Waals surface area (Å²) in [5, 5.41) is 0. The molecule has 17 heavy (non-hydrogen) atoms. The minimum absolute atomic E-state index is 0.570. The molecule has 1 aromatic carbocycles. The summed E-state index contributed by atoms with van der Waals surface area (Å²) >= 11 is 0. The second-order valence-corrected chi connectivity index (χ2v) is 4.64. The first-order valence-corrected chi connectivity index (χ1v) is 6.40. The van der Waals surface area contributed by atoms with Crippen LogP contribution in [0.25, 0.3) is 11.0 Å². The van der Waals surface area contributed by atoms with Crippen molar-refractivity contribution in [3.05, 3.63) is 30.1 Å². The highest BCUT2D eigenvalue weighted by Gasteiger charge is 2.09. The summed E-state index contributed by atoms with van der Waals surface area (Å²) < 4.78 is 2.30. The fraction of sp³-hybridized carbons (Fsp3) is 0.500. The van der Waals surface area contributed by atoms with Gasteiger partial charge in [-0.15, -0.1) is 0 Å². The fourth-order valence-corrected chi connectivity index (χ4v) is 2.16. The molecule has 1 heterocycles. The molecule has 0 aliphatic rings. The fourth-order valence-electron chi connectivity index (χ4n) is 2.16. The van der Waals surface area contributed by atoms with Crippen molar-refractivity contribution in [1.82, 2.24) is 9.55 Å². The van der Waals surface area contributed by atoms with Crippen molar-refractivity contribution in [3.8, 4) is 0 Å². The van der Waals surface area contributed by atoms with Gasteiger partial charge in [0.25, 0.3) is 0 Å². The molecule has 0 radical (unpaired) electrons. The van der Waals surface area contributed by atoms with Crippen LogP contribution in [0.3, 0.4) is 0 Å². The van der Waals surface area contributed by atoms with Crippen molar-refractivity contribution >= 4 is 11.0 Å². The molecule has 0 saturated carbocycles. The molecule has 2 aromatic rings. The first-order chi connectivity index (χ1) is 8.26. The average molecular weight is 231 g/mol. The second kappa shape index (κ2) is 5.32. The Kier molecular flexibility index (Phi) is 3.79. The summed E-state index contributed by atoms with van der Waals surface area (Å²) in [5.41, 5.74) is 8.00. The molecule has 0 spiro atoms. The maximum Gasteiger partial charge on any atom is 0.109 e. The van der Waals surface area contributed by atoms with E-state index >= 15 is 0 Å². The van der Waals surface area contributed by atoms with Gasteiger partial charge in [-0.2, -0.15) is 0 Å². The molecule has 0 fully saturated rings. The van der Waals surface area contributed by atoms with Crippen molar-refractivity contribution in [2.75, 3.05) is 6.54 Å². The molecule has 0 amide bonds. The second-order valence-electron chi connectivity index (χ2n) is 4.64. The van der Waals surface area contributed by atoms with E-state index in [4.69, 9.17) is 10.7 Å². The van der Waals surface area contributed by atoms with E-state index in [0.29, 0.717) is 5.92 Å². The van der Waals surface area contributed by atoms with Crippen LogP contribution in [0.1, 0.15) is 26.1 Å². The SMILES string of the molecule is CCn1c(CCC(C)CN)nc2ccccc21. The van der Waals surface area contributed by atoms with Crippen LogP contribution in [0.2, 0.25) is 0 Å². The summed E-state index contributed by atoms with van der Waals surface area (Å²) in [6.45, 7) is 6.10. The summed E-state index contributed by atoms with van der Waals surface area (Å²) in [6, 6.07) is 8.34. The van der Waals surface area contributed by atoms with Crippen molar-refractivity contribution in [2.24, 2.45) is 11.7 Å². The van der Waals surface area contributed by atoms with E-state index in [1.807, 2.05) is 6.07 Å². The lowest BCUT2D eigenvalue weighted by Gasteiger charge is -2.09. The number of rotatable bonds is 5. The van der Waals surface area contributed by atoms with E-state index < -0.39 is 0 Å². The van der Waals surface area contributed by atoms with Gasteiger partial charge in [-0.1, -0.05) is 19.1 Å². The minimum Gasteiger partial charge on any atom is -0.330 e. The largest absolute Gasteiger partial charge is 0.330 e. The molecule has 3 heteroatoms. The van der Waals surface area contributed by atoms with Crippen molar-refractivity contribution in [1.29, 1.82) is 0 Å². The Bertz CT molecular complexity index is 487. The Morgan fingerprint density at radius 3 is 2.82 bits per heavy atom.